The van der Waals surface area contributed by atoms with Gasteiger partial charge in [-0.1, -0.05) is 6.07 Å². The fourth-order valence-electron chi connectivity index (χ4n) is 2.66. The quantitative estimate of drug-likeness (QED) is 0.874. The van der Waals surface area contributed by atoms with E-state index in [1.54, 1.807) is 29.3 Å². The molecule has 1 aliphatic heterocycles. The molecule has 1 fully saturated rings. The lowest BCUT2D eigenvalue weighted by atomic mass is 9.97. The van der Waals surface area contributed by atoms with Crippen molar-refractivity contribution in [2.45, 2.75) is 12.8 Å². The summed E-state index contributed by atoms with van der Waals surface area (Å²) < 4.78 is 1.38. The molecule has 0 unspecified atom stereocenters. The van der Waals surface area contributed by atoms with Crippen LogP contribution in [0.3, 0.4) is 0 Å². The molecule has 0 bridgehead atoms. The highest BCUT2D eigenvalue weighted by Crippen LogP contribution is 2.17. The molecular formula is C15H17N3O3. The van der Waals surface area contributed by atoms with Gasteiger partial charge in [-0.3, -0.25) is 14.0 Å². The van der Waals surface area contributed by atoms with Gasteiger partial charge in [-0.15, -0.1) is 0 Å². The zero-order valence-electron chi connectivity index (χ0n) is 11.6. The second-order valence-corrected chi connectivity index (χ2v) is 5.32. The summed E-state index contributed by atoms with van der Waals surface area (Å²) in [4.78, 5) is 30.7. The summed E-state index contributed by atoms with van der Waals surface area (Å²) in [6.07, 6.45) is 4.51. The Morgan fingerprint density at radius 1 is 1.33 bits per heavy atom. The number of carbonyl (C=O) groups excluding carboxylic acids is 1. The third-order valence-electron chi connectivity index (χ3n) is 4.00. The Balaban J connectivity index is 1.89. The maximum atomic E-state index is 12.5. The van der Waals surface area contributed by atoms with Crippen LogP contribution in [0.5, 0.6) is 0 Å². The smallest absolute Gasteiger partial charge is 0.270 e. The zero-order valence-corrected chi connectivity index (χ0v) is 11.6. The zero-order chi connectivity index (χ0) is 14.8. The lowest BCUT2D eigenvalue weighted by Gasteiger charge is -2.30. The molecule has 1 amide bonds. The Morgan fingerprint density at radius 3 is 2.81 bits per heavy atom. The molecule has 0 saturated carbocycles. The topological polar surface area (TPSA) is 74.9 Å². The van der Waals surface area contributed by atoms with Crippen LogP contribution in [-0.4, -0.2) is 45.0 Å². The van der Waals surface area contributed by atoms with Gasteiger partial charge in [-0.25, -0.2) is 4.98 Å². The minimum atomic E-state index is -0.338. The van der Waals surface area contributed by atoms with E-state index in [0.717, 1.165) is 12.8 Å². The van der Waals surface area contributed by atoms with Crippen molar-refractivity contribution >= 4 is 11.6 Å². The molecule has 3 rings (SSSR count). The SMILES string of the molecule is O=C(c1cnc2ccccn2c1=O)N1CCC(CO)CC1. The third-order valence-corrected chi connectivity index (χ3v) is 4.00. The summed E-state index contributed by atoms with van der Waals surface area (Å²) in [5.74, 6) is -0.0213. The standard InChI is InChI=1S/C15H17N3O3/c19-10-11-4-7-17(8-5-11)14(20)12-9-16-13-3-1-2-6-18(13)15(12)21/h1-3,6,9,11,19H,4-5,7-8,10H2. The minimum absolute atomic E-state index is 0.0983. The Kier molecular flexibility index (Phi) is 3.70. The number of aliphatic hydroxyl groups is 1. The fraction of sp³-hybridized carbons (Fsp3) is 0.400. The molecule has 0 aromatic carbocycles. The molecule has 0 spiro atoms. The molecule has 6 nitrogen and oxygen atoms in total. The number of likely N-dealkylation sites (tertiary alicyclic amines) is 1. The number of pyridine rings is 1. The van der Waals surface area contributed by atoms with Crippen LogP contribution >= 0.6 is 0 Å². The van der Waals surface area contributed by atoms with E-state index in [0.29, 0.717) is 18.7 Å². The van der Waals surface area contributed by atoms with E-state index >= 15 is 0 Å². The van der Waals surface area contributed by atoms with Crippen LogP contribution in [0, 0.1) is 5.92 Å². The number of nitrogens with zero attached hydrogens (tertiary/aromatic N) is 3. The summed E-state index contributed by atoms with van der Waals surface area (Å²) >= 11 is 0. The number of amides is 1. The number of piperidine rings is 1. The van der Waals surface area contributed by atoms with E-state index in [1.807, 2.05) is 0 Å². The monoisotopic (exact) mass is 287 g/mol. The predicted octanol–water partition coefficient (Wildman–Crippen LogP) is 0.539. The van der Waals surface area contributed by atoms with E-state index in [4.69, 9.17) is 5.11 Å². The first-order valence-corrected chi connectivity index (χ1v) is 7.07. The first-order valence-electron chi connectivity index (χ1n) is 7.07. The van der Waals surface area contributed by atoms with Crippen LogP contribution in [0.1, 0.15) is 23.2 Å². The van der Waals surface area contributed by atoms with Crippen molar-refractivity contribution < 1.29 is 9.90 Å². The van der Waals surface area contributed by atoms with E-state index < -0.39 is 0 Å². The molecule has 2 aromatic heterocycles. The maximum Gasteiger partial charge on any atom is 0.270 e. The van der Waals surface area contributed by atoms with Crippen molar-refractivity contribution in [3.63, 3.8) is 0 Å². The van der Waals surface area contributed by atoms with Gasteiger partial charge in [0, 0.05) is 32.1 Å². The number of hydrogen-bond donors (Lipinski definition) is 1. The van der Waals surface area contributed by atoms with Crippen molar-refractivity contribution in [3.8, 4) is 0 Å². The van der Waals surface area contributed by atoms with Gasteiger partial charge >= 0.3 is 0 Å². The number of hydrogen-bond acceptors (Lipinski definition) is 4. The fourth-order valence-corrected chi connectivity index (χ4v) is 2.66. The number of fused-ring (bicyclic) bond motifs is 1. The van der Waals surface area contributed by atoms with Crippen LogP contribution in [0.2, 0.25) is 0 Å². The molecule has 0 atom stereocenters. The number of aromatic nitrogens is 2. The van der Waals surface area contributed by atoms with Crippen molar-refractivity contribution in [1.29, 1.82) is 0 Å². The molecular weight excluding hydrogens is 270 g/mol. The van der Waals surface area contributed by atoms with Gasteiger partial charge in [0.25, 0.3) is 11.5 Å². The first kappa shape index (κ1) is 13.8. The molecule has 1 N–H and O–H groups in total. The van der Waals surface area contributed by atoms with Gasteiger partial charge in [0.1, 0.15) is 11.2 Å². The van der Waals surface area contributed by atoms with Gasteiger partial charge in [0.05, 0.1) is 0 Å². The van der Waals surface area contributed by atoms with Gasteiger partial charge in [0.15, 0.2) is 0 Å². The summed E-state index contributed by atoms with van der Waals surface area (Å²) in [5.41, 5.74) is 0.286. The lowest BCUT2D eigenvalue weighted by Crippen LogP contribution is -2.41. The average Bonchev–Trinajstić information content (AvgIpc) is 2.55. The van der Waals surface area contributed by atoms with E-state index in [-0.39, 0.29) is 29.6 Å². The van der Waals surface area contributed by atoms with Gasteiger partial charge in [-0.2, -0.15) is 0 Å². The highest BCUT2D eigenvalue weighted by atomic mass is 16.3. The second kappa shape index (κ2) is 5.65. The van der Waals surface area contributed by atoms with E-state index in [1.165, 1.54) is 10.6 Å². The number of carbonyl (C=O) groups is 1. The van der Waals surface area contributed by atoms with Gasteiger partial charge in [0.2, 0.25) is 0 Å². The summed E-state index contributed by atoms with van der Waals surface area (Å²) in [7, 11) is 0. The Bertz CT molecular complexity index is 717. The van der Waals surface area contributed by atoms with E-state index in [2.05, 4.69) is 4.98 Å². The molecule has 3 heterocycles. The van der Waals surface area contributed by atoms with Crippen LogP contribution in [0.25, 0.3) is 5.65 Å². The molecule has 1 aliphatic rings. The van der Waals surface area contributed by atoms with E-state index in [9.17, 15) is 9.59 Å². The molecule has 2 aromatic rings. The molecule has 110 valence electrons. The Labute approximate surface area is 121 Å². The van der Waals surface area contributed by atoms with Crippen LogP contribution in [0.4, 0.5) is 0 Å². The molecule has 21 heavy (non-hydrogen) atoms. The first-order chi connectivity index (χ1) is 10.2. The highest BCUT2D eigenvalue weighted by molar-refractivity contribution is 5.93. The van der Waals surface area contributed by atoms with Crippen LogP contribution < -0.4 is 5.56 Å². The van der Waals surface area contributed by atoms with Crippen molar-refractivity contribution in [2.24, 2.45) is 5.92 Å². The normalized spacial score (nSPS) is 16.3. The summed E-state index contributed by atoms with van der Waals surface area (Å²) in [5, 5.41) is 9.13. The lowest BCUT2D eigenvalue weighted by molar-refractivity contribution is 0.0648. The largest absolute Gasteiger partial charge is 0.396 e. The molecule has 0 radical (unpaired) electrons. The van der Waals surface area contributed by atoms with Crippen LogP contribution in [0.15, 0.2) is 35.4 Å². The highest BCUT2D eigenvalue weighted by Gasteiger charge is 2.25. The van der Waals surface area contributed by atoms with Crippen LogP contribution in [-0.2, 0) is 0 Å². The molecule has 1 saturated heterocycles. The minimum Gasteiger partial charge on any atom is -0.396 e. The molecule has 0 aliphatic carbocycles. The average molecular weight is 287 g/mol. The molecule has 6 heteroatoms. The van der Waals surface area contributed by atoms with Crippen molar-refractivity contribution in [3.05, 3.63) is 46.5 Å². The van der Waals surface area contributed by atoms with Crippen molar-refractivity contribution in [1.82, 2.24) is 14.3 Å². The number of aliphatic hydroxyl groups excluding tert-OH is 1. The Morgan fingerprint density at radius 2 is 2.10 bits per heavy atom. The summed E-state index contributed by atoms with van der Waals surface area (Å²) in [6, 6.07) is 5.25. The van der Waals surface area contributed by atoms with Gasteiger partial charge < -0.3 is 10.0 Å². The summed E-state index contributed by atoms with van der Waals surface area (Å²) in [6.45, 7) is 1.30. The van der Waals surface area contributed by atoms with Gasteiger partial charge in [-0.05, 0) is 30.9 Å². The maximum absolute atomic E-state index is 12.5. The second-order valence-electron chi connectivity index (χ2n) is 5.32. The van der Waals surface area contributed by atoms with Crippen molar-refractivity contribution in [2.75, 3.05) is 19.7 Å². The predicted molar refractivity (Wildman–Crippen MR) is 77.2 cm³/mol. The number of rotatable bonds is 2. The Hall–Kier alpha value is -2.21. The third kappa shape index (κ3) is 2.54.